The van der Waals surface area contributed by atoms with Crippen LogP contribution in [0.25, 0.3) is 0 Å². The Labute approximate surface area is 146 Å². The zero-order chi connectivity index (χ0) is 17.6. The molecule has 0 saturated carbocycles. The molecule has 1 aromatic heterocycles. The van der Waals surface area contributed by atoms with Gasteiger partial charge in [-0.1, -0.05) is 19.1 Å². The van der Waals surface area contributed by atoms with E-state index in [0.717, 1.165) is 38.5 Å². The van der Waals surface area contributed by atoms with Gasteiger partial charge in [0, 0.05) is 26.2 Å². The van der Waals surface area contributed by atoms with Gasteiger partial charge in [-0.15, -0.1) is 10.2 Å². The van der Waals surface area contributed by atoms with Gasteiger partial charge < -0.3 is 15.1 Å². The highest BCUT2D eigenvalue weighted by atomic mass is 16.1. The summed E-state index contributed by atoms with van der Waals surface area (Å²) < 4.78 is 0. The van der Waals surface area contributed by atoms with Crippen molar-refractivity contribution in [3.63, 3.8) is 0 Å². The van der Waals surface area contributed by atoms with Gasteiger partial charge in [-0.2, -0.15) is 5.26 Å². The Balaban J connectivity index is 1.66. The van der Waals surface area contributed by atoms with Crippen molar-refractivity contribution in [2.45, 2.75) is 6.92 Å². The molecular formula is C18H20N6O. The van der Waals surface area contributed by atoms with Gasteiger partial charge in [0.25, 0.3) is 5.91 Å². The summed E-state index contributed by atoms with van der Waals surface area (Å²) >= 11 is 0. The minimum atomic E-state index is -0.377. The van der Waals surface area contributed by atoms with Gasteiger partial charge in [0.1, 0.15) is 6.07 Å². The fraction of sp³-hybridized carbons (Fsp3) is 0.333. The minimum Gasteiger partial charge on any atom is -0.353 e. The molecule has 2 heterocycles. The molecule has 25 heavy (non-hydrogen) atoms. The summed E-state index contributed by atoms with van der Waals surface area (Å²) in [5.74, 6) is 0.405. The molecular weight excluding hydrogens is 316 g/mol. The summed E-state index contributed by atoms with van der Waals surface area (Å²) in [6, 6.07) is 12.4. The number of rotatable bonds is 4. The van der Waals surface area contributed by atoms with Crippen LogP contribution in [-0.2, 0) is 0 Å². The number of nitrogens with zero attached hydrogens (tertiary/aromatic N) is 5. The second-order valence-corrected chi connectivity index (χ2v) is 5.81. The molecule has 0 spiro atoms. The van der Waals surface area contributed by atoms with E-state index in [4.69, 9.17) is 5.26 Å². The predicted molar refractivity (Wildman–Crippen MR) is 95.5 cm³/mol. The lowest BCUT2D eigenvalue weighted by atomic mass is 10.2. The highest BCUT2D eigenvalue weighted by Crippen LogP contribution is 2.16. The van der Waals surface area contributed by atoms with Gasteiger partial charge in [-0.25, -0.2) is 0 Å². The minimum absolute atomic E-state index is 0.226. The third-order valence-electron chi connectivity index (χ3n) is 4.32. The standard InChI is InChI=1S/C18H20N6O/c1-2-23-9-11-24(12-10-23)17-8-7-16(21-22-17)18(25)20-15-6-4-3-5-14(15)13-19/h3-8H,2,9-12H2,1H3,(H,20,25). The van der Waals surface area contributed by atoms with Gasteiger partial charge in [0.2, 0.25) is 0 Å². The lowest BCUT2D eigenvalue weighted by Gasteiger charge is -2.34. The molecule has 1 aliphatic rings. The lowest BCUT2D eigenvalue weighted by molar-refractivity contribution is 0.102. The van der Waals surface area contributed by atoms with Gasteiger partial charge in [-0.05, 0) is 30.8 Å². The smallest absolute Gasteiger partial charge is 0.276 e. The summed E-state index contributed by atoms with van der Waals surface area (Å²) in [4.78, 5) is 16.9. The summed E-state index contributed by atoms with van der Waals surface area (Å²) in [7, 11) is 0. The summed E-state index contributed by atoms with van der Waals surface area (Å²) in [5.41, 5.74) is 1.11. The van der Waals surface area contributed by atoms with Crippen LogP contribution in [0.4, 0.5) is 11.5 Å². The predicted octanol–water partition coefficient (Wildman–Crippen LogP) is 1.74. The number of aromatic nitrogens is 2. The first-order valence-corrected chi connectivity index (χ1v) is 8.32. The number of para-hydroxylation sites is 1. The molecule has 1 amide bonds. The Hall–Kier alpha value is -2.98. The van der Waals surface area contributed by atoms with Gasteiger partial charge in [0.05, 0.1) is 11.3 Å². The van der Waals surface area contributed by atoms with Gasteiger partial charge in [-0.3, -0.25) is 4.79 Å². The number of hydrogen-bond acceptors (Lipinski definition) is 6. The molecule has 0 bridgehead atoms. The molecule has 1 saturated heterocycles. The van der Waals surface area contributed by atoms with E-state index in [2.05, 4.69) is 38.3 Å². The number of carbonyl (C=O) groups is 1. The first-order valence-electron chi connectivity index (χ1n) is 8.32. The average Bonchev–Trinajstić information content (AvgIpc) is 2.68. The van der Waals surface area contributed by atoms with Crippen molar-refractivity contribution in [3.05, 3.63) is 47.7 Å². The molecule has 2 aromatic rings. The van der Waals surface area contributed by atoms with Crippen LogP contribution in [0.1, 0.15) is 23.0 Å². The Morgan fingerprint density at radius 2 is 1.92 bits per heavy atom. The maximum atomic E-state index is 12.3. The summed E-state index contributed by atoms with van der Waals surface area (Å²) in [6.45, 7) is 7.04. The largest absolute Gasteiger partial charge is 0.353 e. The molecule has 0 aliphatic carbocycles. The number of piperazine rings is 1. The molecule has 0 atom stereocenters. The van der Waals surface area contributed by atoms with Crippen molar-refractivity contribution in [1.29, 1.82) is 5.26 Å². The first kappa shape index (κ1) is 16.9. The van der Waals surface area contributed by atoms with Crippen LogP contribution in [0.15, 0.2) is 36.4 Å². The van der Waals surface area contributed by atoms with Crippen LogP contribution in [0, 0.1) is 11.3 Å². The fourth-order valence-corrected chi connectivity index (χ4v) is 2.78. The Morgan fingerprint density at radius 3 is 2.56 bits per heavy atom. The summed E-state index contributed by atoms with van der Waals surface area (Å²) in [5, 5.41) is 20.0. The number of anilines is 2. The van der Waals surface area contributed by atoms with Crippen molar-refractivity contribution >= 4 is 17.4 Å². The molecule has 0 radical (unpaired) electrons. The van der Waals surface area contributed by atoms with E-state index < -0.39 is 0 Å². The van der Waals surface area contributed by atoms with E-state index in [1.807, 2.05) is 6.07 Å². The van der Waals surface area contributed by atoms with E-state index in [9.17, 15) is 4.79 Å². The zero-order valence-electron chi connectivity index (χ0n) is 14.1. The van der Waals surface area contributed by atoms with E-state index in [1.54, 1.807) is 30.3 Å². The third kappa shape index (κ3) is 3.92. The van der Waals surface area contributed by atoms with Gasteiger partial charge in [0.15, 0.2) is 11.5 Å². The van der Waals surface area contributed by atoms with E-state index in [1.165, 1.54) is 0 Å². The van der Waals surface area contributed by atoms with E-state index in [0.29, 0.717) is 11.3 Å². The molecule has 3 rings (SSSR count). The summed E-state index contributed by atoms with van der Waals surface area (Å²) in [6.07, 6.45) is 0. The number of nitriles is 1. The Kier molecular flexibility index (Phi) is 5.21. The molecule has 0 unspecified atom stereocenters. The van der Waals surface area contributed by atoms with Crippen LogP contribution in [0.3, 0.4) is 0 Å². The highest BCUT2D eigenvalue weighted by molar-refractivity contribution is 6.03. The zero-order valence-corrected chi connectivity index (χ0v) is 14.1. The number of amides is 1. The van der Waals surface area contributed by atoms with E-state index >= 15 is 0 Å². The van der Waals surface area contributed by atoms with Gasteiger partial charge >= 0.3 is 0 Å². The lowest BCUT2D eigenvalue weighted by Crippen LogP contribution is -2.46. The number of likely N-dealkylation sites (N-methyl/N-ethyl adjacent to an activating group) is 1. The number of carbonyl (C=O) groups excluding carboxylic acids is 1. The van der Waals surface area contributed by atoms with Crippen LogP contribution < -0.4 is 10.2 Å². The van der Waals surface area contributed by atoms with Crippen molar-refractivity contribution in [2.24, 2.45) is 0 Å². The molecule has 1 fully saturated rings. The maximum absolute atomic E-state index is 12.3. The van der Waals surface area contributed by atoms with Crippen molar-refractivity contribution in [1.82, 2.24) is 15.1 Å². The average molecular weight is 336 g/mol. The topological polar surface area (TPSA) is 85.1 Å². The van der Waals surface area contributed by atoms with Crippen molar-refractivity contribution in [2.75, 3.05) is 42.9 Å². The first-order chi connectivity index (χ1) is 12.2. The molecule has 128 valence electrons. The Morgan fingerprint density at radius 1 is 1.16 bits per heavy atom. The highest BCUT2D eigenvalue weighted by Gasteiger charge is 2.18. The maximum Gasteiger partial charge on any atom is 0.276 e. The quantitative estimate of drug-likeness (QED) is 0.915. The number of benzene rings is 1. The number of nitrogens with one attached hydrogen (secondary N) is 1. The molecule has 7 nitrogen and oxygen atoms in total. The normalized spacial score (nSPS) is 14.8. The number of hydrogen-bond donors (Lipinski definition) is 1. The SMILES string of the molecule is CCN1CCN(c2ccc(C(=O)Nc3ccccc3C#N)nn2)CC1. The Bertz CT molecular complexity index is 775. The van der Waals surface area contributed by atoms with Crippen LogP contribution >= 0.6 is 0 Å². The second-order valence-electron chi connectivity index (χ2n) is 5.81. The van der Waals surface area contributed by atoms with Crippen molar-refractivity contribution in [3.8, 4) is 6.07 Å². The second kappa shape index (κ2) is 7.73. The van der Waals surface area contributed by atoms with Crippen LogP contribution in [-0.4, -0.2) is 53.7 Å². The molecule has 1 N–H and O–H groups in total. The monoisotopic (exact) mass is 336 g/mol. The van der Waals surface area contributed by atoms with E-state index in [-0.39, 0.29) is 11.6 Å². The molecule has 7 heteroatoms. The molecule has 1 aliphatic heterocycles. The van der Waals surface area contributed by atoms with Crippen LogP contribution in [0.5, 0.6) is 0 Å². The third-order valence-corrected chi connectivity index (χ3v) is 4.32. The molecule has 1 aromatic carbocycles. The fourth-order valence-electron chi connectivity index (χ4n) is 2.78. The van der Waals surface area contributed by atoms with Crippen molar-refractivity contribution < 1.29 is 4.79 Å². The van der Waals surface area contributed by atoms with Crippen LogP contribution in [0.2, 0.25) is 0 Å².